The highest BCUT2D eigenvalue weighted by Gasteiger charge is 2.24. The summed E-state index contributed by atoms with van der Waals surface area (Å²) in [6.07, 6.45) is 3.60. The molecule has 0 spiro atoms. The van der Waals surface area contributed by atoms with Crippen LogP contribution in [0.4, 0.5) is 8.78 Å². The van der Waals surface area contributed by atoms with Crippen LogP contribution >= 0.6 is 0 Å². The van der Waals surface area contributed by atoms with E-state index < -0.39 is 29.7 Å². The maximum absolute atomic E-state index is 14.1. The third-order valence-electron chi connectivity index (χ3n) is 7.83. The van der Waals surface area contributed by atoms with Crippen molar-refractivity contribution in [1.29, 1.82) is 5.26 Å². The van der Waals surface area contributed by atoms with Gasteiger partial charge in [-0.2, -0.15) is 5.26 Å². The first-order chi connectivity index (χ1) is 23.1. The van der Waals surface area contributed by atoms with Crippen molar-refractivity contribution in [2.45, 2.75) is 58.7 Å². The lowest BCUT2D eigenvalue weighted by Crippen LogP contribution is -2.48. The zero-order chi connectivity index (χ0) is 34.6. The molecule has 0 fully saturated rings. The van der Waals surface area contributed by atoms with E-state index in [-0.39, 0.29) is 30.0 Å². The number of nitriles is 1. The van der Waals surface area contributed by atoms with Crippen molar-refractivity contribution in [3.05, 3.63) is 124 Å². The molecule has 0 aliphatic rings. The summed E-state index contributed by atoms with van der Waals surface area (Å²) in [5.74, 6) is -2.20. The standard InChI is InChI=1S/C38H41F2N5O3/c1-4-9-45(10-5-2)38(48)31-12-25(3)11-30(18-31)37(47)44-35(17-27-15-33(39)19-34(40)16-27)36(46)24-43-21-26-7-6-8-29(13-26)32-14-28(20-41)22-42-23-32/h6-8,11-16,18-19,22-23,35-36,43,46H,4-5,9-10,17,21,24H2,1-3H3,(H,44,47)/t35-,36+/m0/s1. The predicted molar refractivity (Wildman–Crippen MR) is 181 cm³/mol. The van der Waals surface area contributed by atoms with E-state index >= 15 is 0 Å². The Bertz CT molecular complexity index is 1750. The number of aryl methyl sites for hydroxylation is 1. The molecule has 0 unspecified atom stereocenters. The van der Waals surface area contributed by atoms with Crippen molar-refractivity contribution < 1.29 is 23.5 Å². The van der Waals surface area contributed by atoms with Gasteiger partial charge in [0.2, 0.25) is 0 Å². The van der Waals surface area contributed by atoms with Crippen LogP contribution in [0.15, 0.2) is 79.1 Å². The van der Waals surface area contributed by atoms with Gasteiger partial charge in [-0.3, -0.25) is 14.6 Å². The fourth-order valence-electron chi connectivity index (χ4n) is 5.62. The number of aliphatic hydroxyl groups excluding tert-OH is 1. The van der Waals surface area contributed by atoms with Crippen LogP contribution in [0.3, 0.4) is 0 Å². The Hall–Kier alpha value is -4.98. The van der Waals surface area contributed by atoms with Gasteiger partial charge in [0, 0.05) is 61.3 Å². The largest absolute Gasteiger partial charge is 0.390 e. The number of amides is 2. The zero-order valence-corrected chi connectivity index (χ0v) is 27.5. The number of hydrogen-bond acceptors (Lipinski definition) is 6. The maximum Gasteiger partial charge on any atom is 0.253 e. The third kappa shape index (κ3) is 10.0. The summed E-state index contributed by atoms with van der Waals surface area (Å²) in [6.45, 7) is 7.44. The van der Waals surface area contributed by atoms with Gasteiger partial charge in [-0.05, 0) is 90.9 Å². The Morgan fingerprint density at radius 1 is 0.917 bits per heavy atom. The predicted octanol–water partition coefficient (Wildman–Crippen LogP) is 5.96. The van der Waals surface area contributed by atoms with Gasteiger partial charge in [-0.25, -0.2) is 8.78 Å². The second-order valence-electron chi connectivity index (χ2n) is 11.9. The van der Waals surface area contributed by atoms with Crippen molar-refractivity contribution in [3.8, 4) is 17.2 Å². The zero-order valence-electron chi connectivity index (χ0n) is 27.5. The minimum atomic E-state index is -1.14. The highest BCUT2D eigenvalue weighted by atomic mass is 19.1. The summed E-state index contributed by atoms with van der Waals surface area (Å²) in [7, 11) is 0. The Morgan fingerprint density at radius 3 is 2.31 bits per heavy atom. The first-order valence-corrected chi connectivity index (χ1v) is 16.1. The van der Waals surface area contributed by atoms with Crippen LogP contribution in [-0.2, 0) is 13.0 Å². The molecule has 1 aromatic heterocycles. The Morgan fingerprint density at radius 2 is 1.62 bits per heavy atom. The third-order valence-corrected chi connectivity index (χ3v) is 7.83. The van der Waals surface area contributed by atoms with Crippen molar-refractivity contribution in [3.63, 3.8) is 0 Å². The minimum absolute atomic E-state index is 0.0423. The molecule has 3 N–H and O–H groups in total. The van der Waals surface area contributed by atoms with Gasteiger partial charge in [0.05, 0.1) is 17.7 Å². The monoisotopic (exact) mass is 653 g/mol. The van der Waals surface area contributed by atoms with Crippen molar-refractivity contribution in [2.24, 2.45) is 0 Å². The number of pyridine rings is 1. The van der Waals surface area contributed by atoms with Gasteiger partial charge < -0.3 is 20.6 Å². The fourth-order valence-corrected chi connectivity index (χ4v) is 5.62. The average Bonchev–Trinajstić information content (AvgIpc) is 3.07. The normalized spacial score (nSPS) is 12.2. The summed E-state index contributed by atoms with van der Waals surface area (Å²) in [5.41, 5.74) is 4.67. The van der Waals surface area contributed by atoms with Crippen molar-refractivity contribution in [2.75, 3.05) is 19.6 Å². The van der Waals surface area contributed by atoms with E-state index in [0.717, 1.165) is 41.2 Å². The number of benzene rings is 3. The van der Waals surface area contributed by atoms with Gasteiger partial charge >= 0.3 is 0 Å². The van der Waals surface area contributed by atoms with E-state index in [0.29, 0.717) is 30.8 Å². The van der Waals surface area contributed by atoms with Gasteiger partial charge in [0.1, 0.15) is 17.7 Å². The van der Waals surface area contributed by atoms with Gasteiger partial charge in [0.15, 0.2) is 0 Å². The van der Waals surface area contributed by atoms with E-state index in [4.69, 9.17) is 0 Å². The molecule has 2 amide bonds. The van der Waals surface area contributed by atoms with Gasteiger partial charge in [0.25, 0.3) is 11.8 Å². The number of carbonyl (C=O) groups excluding carboxylic acids is 2. The van der Waals surface area contributed by atoms with E-state index in [9.17, 15) is 28.7 Å². The molecule has 0 radical (unpaired) electrons. The van der Waals surface area contributed by atoms with Crippen molar-refractivity contribution in [1.82, 2.24) is 20.5 Å². The molecule has 48 heavy (non-hydrogen) atoms. The number of carbonyl (C=O) groups is 2. The van der Waals surface area contributed by atoms with Gasteiger partial charge in [-0.1, -0.05) is 32.0 Å². The first-order valence-electron chi connectivity index (χ1n) is 16.1. The van der Waals surface area contributed by atoms with Crippen molar-refractivity contribution >= 4 is 11.8 Å². The smallest absolute Gasteiger partial charge is 0.253 e. The summed E-state index contributed by atoms with van der Waals surface area (Å²) < 4.78 is 28.2. The van der Waals surface area contributed by atoms with Crippen LogP contribution in [0.5, 0.6) is 0 Å². The van der Waals surface area contributed by atoms with Gasteiger partial charge in [-0.15, -0.1) is 0 Å². The quantitative estimate of drug-likeness (QED) is 0.146. The maximum atomic E-state index is 14.1. The molecule has 1 heterocycles. The number of aliphatic hydroxyl groups is 1. The van der Waals surface area contributed by atoms with Crippen LogP contribution in [-0.4, -0.2) is 58.6 Å². The molecule has 2 atom stereocenters. The highest BCUT2D eigenvalue weighted by Crippen LogP contribution is 2.21. The lowest BCUT2D eigenvalue weighted by Gasteiger charge is -2.25. The van der Waals surface area contributed by atoms with Crippen LogP contribution in [0.2, 0.25) is 0 Å². The molecular formula is C38H41F2N5O3. The number of aromatic nitrogens is 1. The summed E-state index contributed by atoms with van der Waals surface area (Å²) in [6, 6.07) is 18.6. The van der Waals surface area contributed by atoms with E-state index in [1.54, 1.807) is 42.3 Å². The second kappa shape index (κ2) is 17.3. The lowest BCUT2D eigenvalue weighted by molar-refractivity contribution is 0.0755. The molecule has 4 aromatic rings. The molecule has 8 nitrogen and oxygen atoms in total. The molecule has 10 heteroatoms. The molecule has 3 aromatic carbocycles. The Balaban J connectivity index is 1.51. The molecule has 0 saturated heterocycles. The lowest BCUT2D eigenvalue weighted by atomic mass is 9.99. The number of rotatable bonds is 15. The molecule has 250 valence electrons. The Labute approximate surface area is 280 Å². The molecular weight excluding hydrogens is 612 g/mol. The van der Waals surface area contributed by atoms with Crippen LogP contribution in [0, 0.1) is 29.9 Å². The summed E-state index contributed by atoms with van der Waals surface area (Å²) >= 11 is 0. The summed E-state index contributed by atoms with van der Waals surface area (Å²) in [4.78, 5) is 32.8. The van der Waals surface area contributed by atoms with Crippen LogP contribution in [0.25, 0.3) is 11.1 Å². The molecule has 0 aliphatic carbocycles. The molecule has 0 aliphatic heterocycles. The first kappa shape index (κ1) is 35.9. The summed E-state index contributed by atoms with van der Waals surface area (Å²) in [5, 5.41) is 26.6. The second-order valence-corrected chi connectivity index (χ2v) is 11.9. The molecule has 4 rings (SSSR count). The highest BCUT2D eigenvalue weighted by molar-refractivity contribution is 6.00. The number of halogens is 2. The number of hydrogen-bond donors (Lipinski definition) is 3. The van der Waals surface area contributed by atoms with E-state index in [1.165, 1.54) is 18.3 Å². The van der Waals surface area contributed by atoms with E-state index in [2.05, 4.69) is 21.7 Å². The minimum Gasteiger partial charge on any atom is -0.390 e. The average molecular weight is 654 g/mol. The molecule has 0 bridgehead atoms. The van der Waals surface area contributed by atoms with Crippen LogP contribution in [0.1, 0.15) is 69.7 Å². The molecule has 0 saturated carbocycles. The SMILES string of the molecule is CCCN(CCC)C(=O)c1cc(C)cc(C(=O)N[C@@H](Cc2cc(F)cc(F)c2)[C@H](O)CNCc2cccc(-c3cncc(C#N)c3)c2)c1. The topological polar surface area (TPSA) is 118 Å². The fraction of sp³-hybridized carbons (Fsp3) is 0.316. The number of nitrogens with zero attached hydrogens (tertiary/aromatic N) is 3. The van der Waals surface area contributed by atoms with E-state index in [1.807, 2.05) is 38.1 Å². The number of nitrogens with one attached hydrogen (secondary N) is 2. The van der Waals surface area contributed by atoms with Crippen LogP contribution < -0.4 is 10.6 Å². The Kier molecular flexibility index (Phi) is 12.9.